The van der Waals surface area contributed by atoms with Crippen molar-refractivity contribution in [1.82, 2.24) is 10.2 Å². The normalized spacial score (nSPS) is 21.3. The highest BCUT2D eigenvalue weighted by Gasteiger charge is 2.38. The lowest BCUT2D eigenvalue weighted by molar-refractivity contribution is -0.137. The Bertz CT molecular complexity index is 742. The molecular weight excluding hydrogens is 349 g/mol. The minimum atomic E-state index is -4.42. The Morgan fingerprint density at radius 2 is 2.08 bits per heavy atom. The molecule has 7 heteroatoms. The SMILES string of the molecule is CCCN1C(=S)NC(c2cccc(C(F)(F)F)c2)C2=C1CCCC2=O. The van der Waals surface area contributed by atoms with E-state index >= 15 is 0 Å². The first kappa shape index (κ1) is 17.9. The Morgan fingerprint density at radius 3 is 2.76 bits per heavy atom. The van der Waals surface area contributed by atoms with E-state index in [0.717, 1.165) is 37.1 Å². The molecule has 0 saturated heterocycles. The molecule has 0 fully saturated rings. The van der Waals surface area contributed by atoms with Crippen molar-refractivity contribution in [2.75, 3.05) is 6.54 Å². The average Bonchev–Trinajstić information content (AvgIpc) is 2.56. The zero-order valence-corrected chi connectivity index (χ0v) is 14.6. The van der Waals surface area contributed by atoms with E-state index in [4.69, 9.17) is 12.2 Å². The minimum absolute atomic E-state index is 0.0141. The van der Waals surface area contributed by atoms with Crippen LogP contribution < -0.4 is 5.32 Å². The lowest BCUT2D eigenvalue weighted by Gasteiger charge is -2.41. The van der Waals surface area contributed by atoms with E-state index in [0.29, 0.717) is 29.2 Å². The summed E-state index contributed by atoms with van der Waals surface area (Å²) in [5.41, 5.74) is 1.12. The second-order valence-corrected chi connectivity index (χ2v) is 6.68. The number of benzene rings is 1. The molecule has 3 nitrogen and oxygen atoms in total. The highest BCUT2D eigenvalue weighted by molar-refractivity contribution is 7.80. The van der Waals surface area contributed by atoms with Gasteiger partial charge in [0.1, 0.15) is 0 Å². The zero-order chi connectivity index (χ0) is 18.2. The van der Waals surface area contributed by atoms with Gasteiger partial charge < -0.3 is 10.2 Å². The summed E-state index contributed by atoms with van der Waals surface area (Å²) < 4.78 is 39.2. The van der Waals surface area contributed by atoms with Crippen LogP contribution in [-0.4, -0.2) is 22.3 Å². The number of carbonyl (C=O) groups is 1. The number of thiocarbonyl (C=S) groups is 1. The number of Topliss-reactive ketones (excluding diaryl/α,β-unsaturated/α-hetero) is 1. The number of nitrogens with one attached hydrogen (secondary N) is 1. The van der Waals surface area contributed by atoms with Crippen LogP contribution in [0.4, 0.5) is 13.2 Å². The van der Waals surface area contributed by atoms with Gasteiger partial charge in [0.15, 0.2) is 10.9 Å². The Morgan fingerprint density at radius 1 is 1.32 bits per heavy atom. The van der Waals surface area contributed by atoms with Crippen LogP contribution in [0.2, 0.25) is 0 Å². The molecular formula is C18H19F3N2OS. The zero-order valence-electron chi connectivity index (χ0n) is 13.8. The molecule has 0 bridgehead atoms. The maximum atomic E-state index is 13.1. The number of nitrogens with zero attached hydrogens (tertiary/aromatic N) is 1. The van der Waals surface area contributed by atoms with E-state index < -0.39 is 17.8 Å². The molecule has 1 N–H and O–H groups in total. The summed E-state index contributed by atoms with van der Waals surface area (Å²) in [4.78, 5) is 14.5. The first-order chi connectivity index (χ1) is 11.8. The molecule has 0 amide bonds. The van der Waals surface area contributed by atoms with E-state index in [9.17, 15) is 18.0 Å². The van der Waals surface area contributed by atoms with Crippen LogP contribution in [0.5, 0.6) is 0 Å². The fourth-order valence-electron chi connectivity index (χ4n) is 3.46. The topological polar surface area (TPSA) is 32.3 Å². The van der Waals surface area contributed by atoms with Gasteiger partial charge in [-0.2, -0.15) is 13.2 Å². The largest absolute Gasteiger partial charge is 0.416 e. The molecule has 1 aromatic rings. The molecule has 0 aromatic heterocycles. The first-order valence-electron chi connectivity index (χ1n) is 8.34. The summed E-state index contributed by atoms with van der Waals surface area (Å²) in [6, 6.07) is 4.49. The molecule has 25 heavy (non-hydrogen) atoms. The number of ketones is 1. The van der Waals surface area contributed by atoms with Crippen molar-refractivity contribution in [2.45, 2.75) is 44.8 Å². The number of allylic oxidation sites excluding steroid dienone is 1. The van der Waals surface area contributed by atoms with Gasteiger partial charge >= 0.3 is 6.18 Å². The summed E-state index contributed by atoms with van der Waals surface area (Å²) in [6.07, 6.45) is -1.68. The van der Waals surface area contributed by atoms with Gasteiger partial charge in [-0.05, 0) is 49.2 Å². The quantitative estimate of drug-likeness (QED) is 0.804. The van der Waals surface area contributed by atoms with Crippen molar-refractivity contribution in [2.24, 2.45) is 0 Å². The standard InChI is InChI=1S/C18H19F3N2OS/c1-2-9-23-13-7-4-8-14(24)15(13)16(22-17(23)25)11-5-3-6-12(10-11)18(19,20)21/h3,5-6,10,16H,2,4,7-9H2,1H3,(H,22,25). The average molecular weight is 368 g/mol. The Labute approximate surface area is 149 Å². The predicted octanol–water partition coefficient (Wildman–Crippen LogP) is 4.35. The summed E-state index contributed by atoms with van der Waals surface area (Å²) in [5, 5.41) is 3.56. The summed E-state index contributed by atoms with van der Waals surface area (Å²) >= 11 is 5.43. The highest BCUT2D eigenvalue weighted by atomic mass is 32.1. The maximum absolute atomic E-state index is 13.1. The minimum Gasteiger partial charge on any atom is -0.351 e. The summed E-state index contributed by atoms with van der Waals surface area (Å²) in [5.74, 6) is -0.0141. The third-order valence-corrected chi connectivity index (χ3v) is 4.89. The number of hydrogen-bond acceptors (Lipinski definition) is 2. The fraction of sp³-hybridized carbons (Fsp3) is 0.444. The lowest BCUT2D eigenvalue weighted by Crippen LogP contribution is -2.49. The third-order valence-electron chi connectivity index (χ3n) is 4.55. The van der Waals surface area contributed by atoms with Crippen molar-refractivity contribution in [1.29, 1.82) is 0 Å². The molecule has 1 atom stereocenters. The molecule has 1 aliphatic carbocycles. The smallest absolute Gasteiger partial charge is 0.351 e. The van der Waals surface area contributed by atoms with E-state index in [2.05, 4.69) is 5.32 Å². The van der Waals surface area contributed by atoms with Crippen molar-refractivity contribution < 1.29 is 18.0 Å². The molecule has 1 aliphatic heterocycles. The number of halogens is 3. The van der Waals surface area contributed by atoms with Crippen molar-refractivity contribution in [3.63, 3.8) is 0 Å². The predicted molar refractivity (Wildman–Crippen MR) is 92.8 cm³/mol. The molecule has 0 saturated carbocycles. The summed E-state index contributed by atoms with van der Waals surface area (Å²) in [7, 11) is 0. The number of alkyl halides is 3. The Balaban J connectivity index is 2.08. The monoisotopic (exact) mass is 368 g/mol. The van der Waals surface area contributed by atoms with Crippen LogP contribution in [0.25, 0.3) is 0 Å². The lowest BCUT2D eigenvalue weighted by atomic mass is 9.84. The van der Waals surface area contributed by atoms with Gasteiger partial charge in [0, 0.05) is 24.2 Å². The van der Waals surface area contributed by atoms with Gasteiger partial charge in [-0.25, -0.2) is 0 Å². The second-order valence-electron chi connectivity index (χ2n) is 6.29. The van der Waals surface area contributed by atoms with E-state index in [1.807, 2.05) is 11.8 Å². The van der Waals surface area contributed by atoms with Crippen LogP contribution in [0.1, 0.15) is 49.8 Å². The van der Waals surface area contributed by atoms with Crippen LogP contribution in [-0.2, 0) is 11.0 Å². The van der Waals surface area contributed by atoms with Gasteiger partial charge in [-0.3, -0.25) is 4.79 Å². The van der Waals surface area contributed by atoms with Crippen molar-refractivity contribution in [3.05, 3.63) is 46.7 Å². The fourth-order valence-corrected chi connectivity index (χ4v) is 3.77. The van der Waals surface area contributed by atoms with Crippen LogP contribution >= 0.6 is 12.2 Å². The van der Waals surface area contributed by atoms with Gasteiger partial charge in [-0.15, -0.1) is 0 Å². The number of rotatable bonds is 3. The van der Waals surface area contributed by atoms with Gasteiger partial charge in [0.25, 0.3) is 0 Å². The Kier molecular flexibility index (Phi) is 4.86. The molecule has 0 spiro atoms. The van der Waals surface area contributed by atoms with Crippen LogP contribution in [0, 0.1) is 0 Å². The molecule has 0 radical (unpaired) electrons. The molecule has 134 valence electrons. The molecule has 1 heterocycles. The molecule has 2 aliphatic rings. The van der Waals surface area contributed by atoms with Crippen molar-refractivity contribution >= 4 is 23.1 Å². The van der Waals surface area contributed by atoms with E-state index in [1.165, 1.54) is 6.07 Å². The maximum Gasteiger partial charge on any atom is 0.416 e. The summed E-state index contributed by atoms with van der Waals surface area (Å²) in [6.45, 7) is 2.71. The van der Waals surface area contributed by atoms with Crippen LogP contribution in [0.3, 0.4) is 0 Å². The van der Waals surface area contributed by atoms with Gasteiger partial charge in [0.05, 0.1) is 11.6 Å². The number of carbonyl (C=O) groups excluding carboxylic acids is 1. The first-order valence-corrected chi connectivity index (χ1v) is 8.75. The molecule has 1 unspecified atom stereocenters. The third kappa shape index (κ3) is 3.42. The molecule has 1 aromatic carbocycles. The van der Waals surface area contributed by atoms with E-state index in [1.54, 1.807) is 6.07 Å². The van der Waals surface area contributed by atoms with Crippen molar-refractivity contribution in [3.8, 4) is 0 Å². The number of hydrogen-bond donors (Lipinski definition) is 1. The molecule has 3 rings (SSSR count). The van der Waals surface area contributed by atoms with Gasteiger partial charge in [-0.1, -0.05) is 19.1 Å². The second kappa shape index (κ2) is 6.78. The highest BCUT2D eigenvalue weighted by Crippen LogP contribution is 2.39. The van der Waals surface area contributed by atoms with Crippen LogP contribution in [0.15, 0.2) is 35.5 Å². The van der Waals surface area contributed by atoms with E-state index in [-0.39, 0.29) is 5.78 Å². The Hall–Kier alpha value is -1.89. The van der Waals surface area contributed by atoms with Gasteiger partial charge in [0.2, 0.25) is 0 Å².